The van der Waals surface area contributed by atoms with Crippen molar-refractivity contribution in [3.63, 3.8) is 0 Å². The van der Waals surface area contributed by atoms with E-state index in [-0.39, 0.29) is 11.2 Å². The first-order chi connectivity index (χ1) is 11.0. The Morgan fingerprint density at radius 2 is 1.42 bits per heavy atom. The Hall–Kier alpha value is -1.74. The number of hydrogen-bond donors (Lipinski definition) is 1. The minimum Gasteiger partial charge on any atom is -0.492 e. The molecule has 3 nitrogen and oxygen atoms in total. The summed E-state index contributed by atoms with van der Waals surface area (Å²) in [7, 11) is 0. The smallest absolute Gasteiger partial charge is 0.120 e. The first-order valence-corrected chi connectivity index (χ1v) is 8.59. The van der Waals surface area contributed by atoms with E-state index in [1.807, 2.05) is 78.0 Å². The van der Waals surface area contributed by atoms with Gasteiger partial charge in [-0.15, -0.1) is 0 Å². The lowest BCUT2D eigenvalue weighted by Crippen LogP contribution is -2.22. The van der Waals surface area contributed by atoms with Gasteiger partial charge >= 0.3 is 0 Å². The van der Waals surface area contributed by atoms with Crippen molar-refractivity contribution in [3.05, 3.63) is 53.3 Å². The van der Waals surface area contributed by atoms with Gasteiger partial charge in [0.05, 0.1) is 5.76 Å². The summed E-state index contributed by atoms with van der Waals surface area (Å²) < 4.78 is 11.7. The minimum atomic E-state index is -0.582. The first-order valence-electron chi connectivity index (χ1n) is 8.59. The highest BCUT2D eigenvalue weighted by atomic mass is 16.5. The first kappa shape index (κ1) is 18.6. The highest BCUT2D eigenvalue weighted by molar-refractivity contribution is 5.35. The van der Waals surface area contributed by atoms with Gasteiger partial charge in [-0.3, -0.25) is 0 Å². The second kappa shape index (κ2) is 7.02. The molecule has 3 heteroatoms. The molecule has 0 saturated carbocycles. The molecule has 132 valence electrons. The number of aliphatic hydroxyl groups excluding tert-OH is 1. The molecule has 0 aromatic heterocycles. The number of aliphatic hydroxyl groups is 1. The molecule has 1 aliphatic carbocycles. The molecule has 0 radical (unpaired) electrons. The zero-order chi connectivity index (χ0) is 18.0. The van der Waals surface area contributed by atoms with Crippen LogP contribution in [0.5, 0.6) is 5.75 Å². The van der Waals surface area contributed by atoms with Crippen molar-refractivity contribution in [2.75, 3.05) is 0 Å². The second-order valence-corrected chi connectivity index (χ2v) is 8.28. The van der Waals surface area contributed by atoms with Crippen molar-refractivity contribution in [2.24, 2.45) is 0 Å². The SMILES string of the molecule is CC(C)(C)OC1=CC=C(C(O)c2ccc(OC(C)(C)C)cc2)CC1. The Balaban J connectivity index is 2.05. The van der Waals surface area contributed by atoms with Crippen LogP contribution in [0.15, 0.2) is 47.7 Å². The fourth-order valence-electron chi connectivity index (χ4n) is 2.63. The molecule has 1 unspecified atom stereocenters. The van der Waals surface area contributed by atoms with E-state index in [1.165, 1.54) is 0 Å². The van der Waals surface area contributed by atoms with Crippen molar-refractivity contribution in [3.8, 4) is 5.75 Å². The molecule has 0 spiro atoms. The summed E-state index contributed by atoms with van der Waals surface area (Å²) in [4.78, 5) is 0. The average molecular weight is 330 g/mol. The van der Waals surface area contributed by atoms with E-state index in [4.69, 9.17) is 9.47 Å². The Labute approximate surface area is 146 Å². The maximum Gasteiger partial charge on any atom is 0.120 e. The minimum absolute atomic E-state index is 0.182. The summed E-state index contributed by atoms with van der Waals surface area (Å²) in [6.45, 7) is 12.2. The lowest BCUT2D eigenvalue weighted by molar-refractivity contribution is 0.0459. The van der Waals surface area contributed by atoms with Crippen molar-refractivity contribution in [1.82, 2.24) is 0 Å². The Kier molecular flexibility index (Phi) is 5.44. The number of ether oxygens (including phenoxy) is 2. The molecular weight excluding hydrogens is 300 g/mol. The quantitative estimate of drug-likeness (QED) is 0.812. The summed E-state index contributed by atoms with van der Waals surface area (Å²) in [5.74, 6) is 1.80. The van der Waals surface area contributed by atoms with Gasteiger partial charge in [0.1, 0.15) is 23.1 Å². The number of benzene rings is 1. The predicted octanol–water partition coefficient (Wildman–Crippen LogP) is 5.32. The molecule has 1 N–H and O–H groups in total. The molecule has 0 aliphatic heterocycles. The third-order valence-corrected chi connectivity index (χ3v) is 3.55. The van der Waals surface area contributed by atoms with Crippen molar-refractivity contribution in [2.45, 2.75) is 71.7 Å². The van der Waals surface area contributed by atoms with Gasteiger partial charge in [-0.2, -0.15) is 0 Å². The Bertz CT molecular complexity index is 610. The van der Waals surface area contributed by atoms with Crippen LogP contribution in [0.25, 0.3) is 0 Å². The largest absolute Gasteiger partial charge is 0.492 e. The highest BCUT2D eigenvalue weighted by Gasteiger charge is 2.20. The monoisotopic (exact) mass is 330 g/mol. The Morgan fingerprint density at radius 1 is 0.833 bits per heavy atom. The van der Waals surface area contributed by atoms with Crippen molar-refractivity contribution < 1.29 is 14.6 Å². The second-order valence-electron chi connectivity index (χ2n) is 8.28. The van der Waals surface area contributed by atoms with Gasteiger partial charge in [0.2, 0.25) is 0 Å². The third kappa shape index (κ3) is 5.72. The lowest BCUT2D eigenvalue weighted by Gasteiger charge is -2.26. The molecule has 1 aromatic rings. The van der Waals surface area contributed by atoms with Crippen LogP contribution in [-0.4, -0.2) is 16.3 Å². The normalized spacial score (nSPS) is 17.0. The van der Waals surface area contributed by atoms with Gasteiger partial charge in [-0.1, -0.05) is 18.2 Å². The van der Waals surface area contributed by atoms with Crippen LogP contribution in [-0.2, 0) is 4.74 Å². The van der Waals surface area contributed by atoms with E-state index in [1.54, 1.807) is 0 Å². The molecule has 0 amide bonds. The van der Waals surface area contributed by atoms with Crippen LogP contribution in [0.2, 0.25) is 0 Å². The number of rotatable bonds is 4. The van der Waals surface area contributed by atoms with Crippen LogP contribution in [0.3, 0.4) is 0 Å². The van der Waals surface area contributed by atoms with Gasteiger partial charge < -0.3 is 14.6 Å². The average Bonchev–Trinajstić information content (AvgIpc) is 2.45. The van der Waals surface area contributed by atoms with Gasteiger partial charge in [0, 0.05) is 6.42 Å². The van der Waals surface area contributed by atoms with Gasteiger partial charge in [-0.25, -0.2) is 0 Å². The van der Waals surface area contributed by atoms with Crippen LogP contribution >= 0.6 is 0 Å². The van der Waals surface area contributed by atoms with Crippen molar-refractivity contribution >= 4 is 0 Å². The zero-order valence-electron chi connectivity index (χ0n) is 15.7. The maximum atomic E-state index is 10.6. The van der Waals surface area contributed by atoms with Gasteiger partial charge in [0.25, 0.3) is 0 Å². The van der Waals surface area contributed by atoms with Crippen LogP contribution in [0.4, 0.5) is 0 Å². The molecular formula is C21H30O3. The van der Waals surface area contributed by atoms with Crippen molar-refractivity contribution in [1.29, 1.82) is 0 Å². The lowest BCUT2D eigenvalue weighted by atomic mass is 9.94. The molecule has 1 aliphatic rings. The predicted molar refractivity (Wildman–Crippen MR) is 98.0 cm³/mol. The summed E-state index contributed by atoms with van der Waals surface area (Å²) in [5, 5.41) is 10.6. The standard InChI is InChI=1S/C21H30O3/c1-20(2,3)23-17-11-7-15(8-12-17)19(22)16-9-13-18(14-10-16)24-21(4,5)6/h7-9,11-13,19,22H,10,14H2,1-6H3. The topological polar surface area (TPSA) is 38.7 Å². The molecule has 0 heterocycles. The summed E-state index contributed by atoms with van der Waals surface area (Å²) >= 11 is 0. The van der Waals surface area contributed by atoms with Gasteiger partial charge in [0.15, 0.2) is 0 Å². The summed E-state index contributed by atoms with van der Waals surface area (Å²) in [5.41, 5.74) is 1.50. The molecule has 0 bridgehead atoms. The van der Waals surface area contributed by atoms with E-state index < -0.39 is 6.10 Å². The number of hydrogen-bond acceptors (Lipinski definition) is 3. The van der Waals surface area contributed by atoms with E-state index in [2.05, 4.69) is 0 Å². The van der Waals surface area contributed by atoms with Crippen LogP contribution in [0.1, 0.15) is 66.1 Å². The molecule has 24 heavy (non-hydrogen) atoms. The van der Waals surface area contributed by atoms with E-state index in [0.29, 0.717) is 0 Å². The van der Waals surface area contributed by atoms with Crippen LogP contribution < -0.4 is 4.74 Å². The zero-order valence-corrected chi connectivity index (χ0v) is 15.7. The molecule has 0 saturated heterocycles. The Morgan fingerprint density at radius 3 is 1.88 bits per heavy atom. The van der Waals surface area contributed by atoms with Crippen LogP contribution in [0, 0.1) is 0 Å². The number of allylic oxidation sites excluding steroid dienone is 3. The van der Waals surface area contributed by atoms with E-state index >= 15 is 0 Å². The molecule has 1 atom stereocenters. The fourth-order valence-corrected chi connectivity index (χ4v) is 2.63. The fraction of sp³-hybridized carbons (Fsp3) is 0.524. The van der Waals surface area contributed by atoms with Gasteiger partial charge in [-0.05, 0) is 77.3 Å². The maximum absolute atomic E-state index is 10.6. The molecule has 2 rings (SSSR count). The summed E-state index contributed by atoms with van der Waals surface area (Å²) in [6, 6.07) is 7.68. The molecule has 0 fully saturated rings. The third-order valence-electron chi connectivity index (χ3n) is 3.55. The summed E-state index contributed by atoms with van der Waals surface area (Å²) in [6.07, 6.45) is 5.01. The van der Waals surface area contributed by atoms with E-state index in [0.717, 1.165) is 35.5 Å². The van der Waals surface area contributed by atoms with E-state index in [9.17, 15) is 5.11 Å². The molecule has 1 aromatic carbocycles. The highest BCUT2D eigenvalue weighted by Crippen LogP contribution is 2.32.